The van der Waals surface area contributed by atoms with Gasteiger partial charge in [-0.15, -0.1) is 0 Å². The van der Waals surface area contributed by atoms with Crippen LogP contribution in [0.3, 0.4) is 0 Å². The molecule has 6 nitrogen and oxygen atoms in total. The van der Waals surface area contributed by atoms with Crippen molar-refractivity contribution in [3.8, 4) is 11.5 Å². The lowest BCUT2D eigenvalue weighted by Gasteiger charge is -2.14. The summed E-state index contributed by atoms with van der Waals surface area (Å²) in [4.78, 5) is 22.9. The molecule has 3 rings (SSSR count). The molecule has 26 heavy (non-hydrogen) atoms. The summed E-state index contributed by atoms with van der Waals surface area (Å²) in [5.74, 6) is 0.732. The molecule has 0 unspecified atom stereocenters. The average molecular weight is 576 g/mol. The van der Waals surface area contributed by atoms with E-state index >= 15 is 0 Å². The highest BCUT2D eigenvalue weighted by atomic mass is 127. The molecule has 2 N–H and O–H groups in total. The van der Waals surface area contributed by atoms with Crippen molar-refractivity contribution >= 4 is 63.2 Å². The number of hydrogen-bond donors (Lipinski definition) is 2. The Morgan fingerprint density at radius 1 is 1.08 bits per heavy atom. The second-order valence-electron chi connectivity index (χ2n) is 5.42. The molecule has 134 valence electrons. The van der Waals surface area contributed by atoms with E-state index < -0.39 is 11.9 Å². The third-order valence-corrected chi connectivity index (χ3v) is 5.10. The third-order valence-electron chi connectivity index (χ3n) is 3.58. The normalized spacial score (nSPS) is 15.0. The van der Waals surface area contributed by atoms with E-state index in [-0.39, 0.29) is 5.70 Å². The van der Waals surface area contributed by atoms with Crippen LogP contribution in [-0.4, -0.2) is 19.0 Å². The molecule has 0 aromatic heterocycles. The number of amides is 3. The van der Waals surface area contributed by atoms with Gasteiger partial charge in [-0.25, -0.2) is 4.79 Å². The van der Waals surface area contributed by atoms with Crippen molar-refractivity contribution in [2.24, 2.45) is 0 Å². The predicted molar refractivity (Wildman–Crippen MR) is 114 cm³/mol. The van der Waals surface area contributed by atoms with Crippen LogP contribution in [0.25, 0.3) is 6.08 Å². The first kappa shape index (κ1) is 19.0. The molecule has 1 aliphatic rings. The number of hydrogen-bond acceptors (Lipinski definition) is 4. The van der Waals surface area contributed by atoms with Crippen molar-refractivity contribution in [3.63, 3.8) is 0 Å². The van der Waals surface area contributed by atoms with Crippen LogP contribution in [0, 0.1) is 7.14 Å². The monoisotopic (exact) mass is 576 g/mol. The van der Waals surface area contributed by atoms with Gasteiger partial charge in [0.2, 0.25) is 0 Å². The first-order valence-corrected chi connectivity index (χ1v) is 9.71. The number of benzene rings is 2. The molecule has 0 bridgehead atoms. The minimum atomic E-state index is -0.527. The highest BCUT2D eigenvalue weighted by Gasteiger charge is 2.23. The molecule has 0 atom stereocenters. The number of ether oxygens (including phenoxy) is 2. The Balaban J connectivity index is 1.83. The highest BCUT2D eigenvalue weighted by Crippen LogP contribution is 2.35. The van der Waals surface area contributed by atoms with Gasteiger partial charge in [0.1, 0.15) is 12.3 Å². The van der Waals surface area contributed by atoms with Crippen LogP contribution in [0.5, 0.6) is 11.5 Å². The van der Waals surface area contributed by atoms with Crippen molar-refractivity contribution in [2.45, 2.75) is 6.61 Å². The molecular weight excluding hydrogens is 562 g/mol. The zero-order valence-electron chi connectivity index (χ0n) is 13.6. The van der Waals surface area contributed by atoms with Crippen LogP contribution < -0.4 is 20.1 Å². The number of rotatable bonds is 5. The van der Waals surface area contributed by atoms with Gasteiger partial charge in [0.15, 0.2) is 11.5 Å². The highest BCUT2D eigenvalue weighted by molar-refractivity contribution is 14.1. The van der Waals surface area contributed by atoms with Gasteiger partial charge in [0, 0.05) is 3.57 Å². The van der Waals surface area contributed by atoms with Gasteiger partial charge in [0.25, 0.3) is 5.91 Å². The summed E-state index contributed by atoms with van der Waals surface area (Å²) in [5, 5.41) is 4.63. The average Bonchev–Trinajstić information content (AvgIpc) is 2.92. The topological polar surface area (TPSA) is 76.7 Å². The number of halogens is 2. The fourth-order valence-electron chi connectivity index (χ4n) is 2.35. The Kier molecular flexibility index (Phi) is 6.01. The van der Waals surface area contributed by atoms with Gasteiger partial charge in [-0.3, -0.25) is 10.1 Å². The summed E-state index contributed by atoms with van der Waals surface area (Å²) < 4.78 is 13.4. The van der Waals surface area contributed by atoms with E-state index in [1.54, 1.807) is 19.3 Å². The lowest BCUT2D eigenvalue weighted by Crippen LogP contribution is -2.22. The number of imide groups is 1. The number of urea groups is 1. The molecule has 0 aliphatic carbocycles. The van der Waals surface area contributed by atoms with Crippen LogP contribution in [0.15, 0.2) is 42.1 Å². The minimum absolute atomic E-state index is 0.195. The summed E-state index contributed by atoms with van der Waals surface area (Å²) in [7, 11) is 1.56. The van der Waals surface area contributed by atoms with Gasteiger partial charge in [0.05, 0.1) is 10.7 Å². The van der Waals surface area contributed by atoms with Crippen LogP contribution in [0.2, 0.25) is 0 Å². The van der Waals surface area contributed by atoms with E-state index in [1.165, 1.54) is 3.57 Å². The van der Waals surface area contributed by atoms with Crippen LogP contribution in [-0.2, 0) is 11.4 Å². The van der Waals surface area contributed by atoms with E-state index in [4.69, 9.17) is 9.47 Å². The Labute approximate surface area is 177 Å². The van der Waals surface area contributed by atoms with E-state index in [2.05, 4.69) is 55.8 Å². The van der Waals surface area contributed by atoms with Gasteiger partial charge >= 0.3 is 6.03 Å². The lowest BCUT2D eigenvalue weighted by molar-refractivity contribution is -0.115. The molecule has 3 amide bonds. The first-order chi connectivity index (χ1) is 12.5. The molecule has 1 heterocycles. The van der Waals surface area contributed by atoms with Crippen molar-refractivity contribution in [1.29, 1.82) is 0 Å². The molecule has 0 saturated carbocycles. The molecule has 2 aromatic carbocycles. The zero-order valence-corrected chi connectivity index (χ0v) is 18.0. The number of carbonyl (C=O) groups is 2. The molecule has 0 spiro atoms. The molecule has 0 radical (unpaired) electrons. The quantitative estimate of drug-likeness (QED) is 0.324. The molecule has 1 aliphatic heterocycles. The summed E-state index contributed by atoms with van der Waals surface area (Å²) in [6.07, 6.45) is 1.59. The Bertz CT molecular complexity index is 895. The molecule has 2 aromatic rings. The van der Waals surface area contributed by atoms with Crippen LogP contribution in [0.1, 0.15) is 11.1 Å². The summed E-state index contributed by atoms with van der Waals surface area (Å²) in [6, 6.07) is 11.2. The van der Waals surface area contributed by atoms with Gasteiger partial charge in [-0.05, 0) is 86.7 Å². The number of nitrogens with one attached hydrogen (secondary N) is 2. The summed E-state index contributed by atoms with van der Waals surface area (Å²) in [5.41, 5.74) is 1.97. The first-order valence-electron chi connectivity index (χ1n) is 7.55. The largest absolute Gasteiger partial charge is 0.493 e. The molecule has 1 saturated heterocycles. The van der Waals surface area contributed by atoms with Crippen molar-refractivity contribution in [1.82, 2.24) is 10.6 Å². The van der Waals surface area contributed by atoms with E-state index in [1.807, 2.05) is 30.3 Å². The fraction of sp³-hybridized carbons (Fsp3) is 0.111. The maximum atomic E-state index is 11.7. The molecule has 1 fully saturated rings. The molecule has 8 heteroatoms. The van der Waals surface area contributed by atoms with Gasteiger partial charge in [-0.2, -0.15) is 0 Å². The van der Waals surface area contributed by atoms with E-state index in [0.717, 1.165) is 14.7 Å². The Hall–Kier alpha value is -1.82. The van der Waals surface area contributed by atoms with Crippen LogP contribution in [0.4, 0.5) is 4.79 Å². The molecular formula is C18H14I2N2O4. The summed E-state index contributed by atoms with van der Waals surface area (Å²) in [6.45, 7) is 0.419. The smallest absolute Gasteiger partial charge is 0.326 e. The second-order valence-corrected chi connectivity index (χ2v) is 7.82. The SMILES string of the molecule is COc1cc(/C=C2/NC(=O)NC2=O)cc(I)c1OCc1ccc(I)cc1. The predicted octanol–water partition coefficient (Wildman–Crippen LogP) is 3.66. The maximum Gasteiger partial charge on any atom is 0.326 e. The van der Waals surface area contributed by atoms with Gasteiger partial charge in [-0.1, -0.05) is 12.1 Å². The Morgan fingerprint density at radius 2 is 1.81 bits per heavy atom. The maximum absolute atomic E-state index is 11.7. The Morgan fingerprint density at radius 3 is 2.42 bits per heavy atom. The van der Waals surface area contributed by atoms with Crippen molar-refractivity contribution < 1.29 is 19.1 Å². The summed E-state index contributed by atoms with van der Waals surface area (Å²) >= 11 is 4.41. The standard InChI is InChI=1S/C18H14I2N2O4/c1-25-15-8-11(7-14-17(23)22-18(24)21-14)6-13(20)16(15)26-9-10-2-4-12(19)5-3-10/h2-8H,9H2,1H3,(H2,21,22,23,24)/b14-7+. The number of carbonyl (C=O) groups excluding carboxylic acids is 2. The van der Waals surface area contributed by atoms with E-state index in [9.17, 15) is 9.59 Å². The van der Waals surface area contributed by atoms with Crippen molar-refractivity contribution in [2.75, 3.05) is 7.11 Å². The second kappa shape index (κ2) is 8.25. The third kappa shape index (κ3) is 4.47. The van der Waals surface area contributed by atoms with Crippen molar-refractivity contribution in [3.05, 3.63) is 60.4 Å². The lowest BCUT2D eigenvalue weighted by atomic mass is 10.1. The minimum Gasteiger partial charge on any atom is -0.493 e. The van der Waals surface area contributed by atoms with Crippen LogP contribution >= 0.6 is 45.2 Å². The van der Waals surface area contributed by atoms with E-state index in [0.29, 0.717) is 18.1 Å². The fourth-order valence-corrected chi connectivity index (χ4v) is 3.49. The number of methoxy groups -OCH3 is 1. The van der Waals surface area contributed by atoms with Gasteiger partial charge < -0.3 is 14.8 Å². The zero-order chi connectivity index (χ0) is 18.7.